The fourth-order valence-electron chi connectivity index (χ4n) is 1.47. The molecule has 3 N–H and O–H groups in total. The average Bonchev–Trinajstić information content (AvgIpc) is 2.29. The van der Waals surface area contributed by atoms with Crippen molar-refractivity contribution in [1.29, 1.82) is 0 Å². The van der Waals surface area contributed by atoms with E-state index in [1.807, 2.05) is 6.92 Å². The van der Waals surface area contributed by atoms with Crippen molar-refractivity contribution < 1.29 is 14.9 Å². The number of nitrogens with one attached hydrogen (secondary N) is 1. The quantitative estimate of drug-likeness (QED) is 0.649. The van der Waals surface area contributed by atoms with Gasteiger partial charge in [0.05, 0.1) is 19.8 Å². The van der Waals surface area contributed by atoms with E-state index in [2.05, 4.69) is 5.32 Å². The number of aliphatic hydroxyl groups excluding tert-OH is 1. The van der Waals surface area contributed by atoms with Gasteiger partial charge >= 0.3 is 0 Å². The third kappa shape index (κ3) is 4.91. The minimum Gasteiger partial charge on any atom is -0.507 e. The molecule has 1 aromatic rings. The van der Waals surface area contributed by atoms with Crippen LogP contribution in [-0.2, 0) is 11.3 Å². The highest BCUT2D eigenvalue weighted by molar-refractivity contribution is 6.30. The van der Waals surface area contributed by atoms with Gasteiger partial charge in [-0.25, -0.2) is 0 Å². The molecular weight excluding hydrogens is 242 g/mol. The summed E-state index contributed by atoms with van der Waals surface area (Å²) in [7, 11) is 0. The number of ether oxygens (including phenoxy) is 1. The first-order valence-electron chi connectivity index (χ1n) is 5.52. The van der Waals surface area contributed by atoms with Gasteiger partial charge < -0.3 is 20.3 Å². The molecule has 1 rings (SSSR count). The summed E-state index contributed by atoms with van der Waals surface area (Å²) in [6.45, 7) is 3.92. The molecule has 0 aliphatic heterocycles. The Labute approximate surface area is 106 Å². The van der Waals surface area contributed by atoms with Crippen molar-refractivity contribution in [2.24, 2.45) is 0 Å². The van der Waals surface area contributed by atoms with Crippen LogP contribution >= 0.6 is 11.6 Å². The first-order valence-corrected chi connectivity index (χ1v) is 5.90. The highest BCUT2D eigenvalue weighted by Crippen LogP contribution is 2.26. The maximum absolute atomic E-state index is 9.80. The monoisotopic (exact) mass is 259 g/mol. The molecule has 5 heteroatoms. The molecule has 1 aromatic carbocycles. The van der Waals surface area contributed by atoms with Crippen molar-refractivity contribution >= 4 is 11.6 Å². The van der Waals surface area contributed by atoms with Gasteiger partial charge in [0, 0.05) is 23.7 Å². The van der Waals surface area contributed by atoms with Crippen LogP contribution in [0.3, 0.4) is 0 Å². The van der Waals surface area contributed by atoms with Crippen LogP contribution < -0.4 is 5.32 Å². The summed E-state index contributed by atoms with van der Waals surface area (Å²) >= 11 is 5.91. The predicted octanol–water partition coefficient (Wildman–Crippen LogP) is 1.45. The molecule has 4 nitrogen and oxygen atoms in total. The van der Waals surface area contributed by atoms with E-state index in [4.69, 9.17) is 21.4 Å². The first kappa shape index (κ1) is 14.3. The molecule has 96 valence electrons. The molecule has 0 aliphatic rings. The smallest absolute Gasteiger partial charge is 0.123 e. The zero-order valence-corrected chi connectivity index (χ0v) is 10.6. The number of phenols is 1. The van der Waals surface area contributed by atoms with Gasteiger partial charge in [0.2, 0.25) is 0 Å². The number of halogens is 1. The van der Waals surface area contributed by atoms with E-state index in [1.54, 1.807) is 12.1 Å². The molecule has 17 heavy (non-hydrogen) atoms. The maximum atomic E-state index is 9.80. The Kier molecular flexibility index (Phi) is 6.29. The minimum atomic E-state index is 0.0360. The fourth-order valence-corrected chi connectivity index (χ4v) is 1.77. The Morgan fingerprint density at radius 3 is 2.82 bits per heavy atom. The highest BCUT2D eigenvalue weighted by Gasteiger charge is 2.05. The number of aromatic hydroxyl groups is 1. The van der Waals surface area contributed by atoms with Crippen molar-refractivity contribution in [2.75, 3.05) is 26.4 Å². The van der Waals surface area contributed by atoms with E-state index < -0.39 is 0 Å². The molecule has 0 amide bonds. The summed E-state index contributed by atoms with van der Waals surface area (Å²) in [5.41, 5.74) is 1.54. The lowest BCUT2D eigenvalue weighted by Gasteiger charge is -2.09. The highest BCUT2D eigenvalue weighted by atomic mass is 35.5. The maximum Gasteiger partial charge on any atom is 0.123 e. The number of hydrogen-bond donors (Lipinski definition) is 3. The van der Waals surface area contributed by atoms with E-state index in [1.165, 1.54) is 0 Å². The Morgan fingerprint density at radius 2 is 2.12 bits per heavy atom. The van der Waals surface area contributed by atoms with Crippen LogP contribution in [0.4, 0.5) is 0 Å². The molecule has 0 spiro atoms. The summed E-state index contributed by atoms with van der Waals surface area (Å²) in [4.78, 5) is 0. The van der Waals surface area contributed by atoms with Gasteiger partial charge in [-0.15, -0.1) is 0 Å². The van der Waals surface area contributed by atoms with Crippen molar-refractivity contribution in [3.05, 3.63) is 28.3 Å². The van der Waals surface area contributed by atoms with Crippen LogP contribution in [0.15, 0.2) is 12.1 Å². The van der Waals surface area contributed by atoms with E-state index >= 15 is 0 Å². The van der Waals surface area contributed by atoms with E-state index in [-0.39, 0.29) is 12.4 Å². The van der Waals surface area contributed by atoms with Crippen LogP contribution in [0.2, 0.25) is 5.02 Å². The Balaban J connectivity index is 2.36. The summed E-state index contributed by atoms with van der Waals surface area (Å²) in [6, 6.07) is 3.47. The van der Waals surface area contributed by atoms with Gasteiger partial charge in [0.1, 0.15) is 5.75 Å². The molecule has 0 saturated heterocycles. The molecular formula is C12H18ClNO3. The molecule has 0 unspecified atom stereocenters. The number of rotatable bonds is 7. The second-order valence-electron chi connectivity index (χ2n) is 3.74. The largest absolute Gasteiger partial charge is 0.507 e. The van der Waals surface area contributed by atoms with Gasteiger partial charge in [-0.05, 0) is 24.6 Å². The lowest BCUT2D eigenvalue weighted by molar-refractivity contribution is 0.0938. The van der Waals surface area contributed by atoms with Crippen molar-refractivity contribution in [3.8, 4) is 5.75 Å². The summed E-state index contributed by atoms with van der Waals surface area (Å²) in [5.74, 6) is 0.276. The molecule has 0 saturated carbocycles. The lowest BCUT2D eigenvalue weighted by atomic mass is 10.1. The van der Waals surface area contributed by atoms with Crippen LogP contribution in [0.25, 0.3) is 0 Å². The van der Waals surface area contributed by atoms with Gasteiger partial charge in [0.25, 0.3) is 0 Å². The fraction of sp³-hybridized carbons (Fsp3) is 0.500. The number of hydrogen-bond acceptors (Lipinski definition) is 4. The van der Waals surface area contributed by atoms with Crippen LogP contribution in [0.5, 0.6) is 5.75 Å². The van der Waals surface area contributed by atoms with Gasteiger partial charge in [0.15, 0.2) is 0 Å². The second-order valence-corrected chi connectivity index (χ2v) is 4.18. The van der Waals surface area contributed by atoms with E-state index in [9.17, 15) is 5.11 Å². The summed E-state index contributed by atoms with van der Waals surface area (Å²) < 4.78 is 5.10. The van der Waals surface area contributed by atoms with Crippen LogP contribution in [0.1, 0.15) is 11.1 Å². The summed E-state index contributed by atoms with van der Waals surface area (Å²) in [6.07, 6.45) is 0. The van der Waals surface area contributed by atoms with Gasteiger partial charge in [-0.3, -0.25) is 0 Å². The third-order valence-corrected chi connectivity index (χ3v) is 2.54. The minimum absolute atomic E-state index is 0.0360. The number of aryl methyl sites for hydroxylation is 1. The Hall–Kier alpha value is -0.810. The number of phenolic OH excluding ortho intramolecular Hbond substituents is 1. The normalized spacial score (nSPS) is 10.8. The molecule has 0 radical (unpaired) electrons. The molecule has 0 aromatic heterocycles. The van der Waals surface area contributed by atoms with Crippen molar-refractivity contribution in [2.45, 2.75) is 13.5 Å². The average molecular weight is 260 g/mol. The zero-order chi connectivity index (χ0) is 12.7. The third-order valence-electron chi connectivity index (χ3n) is 2.32. The van der Waals surface area contributed by atoms with Crippen molar-refractivity contribution in [3.63, 3.8) is 0 Å². The molecule has 0 aliphatic carbocycles. The van der Waals surface area contributed by atoms with E-state index in [0.29, 0.717) is 31.3 Å². The predicted molar refractivity (Wildman–Crippen MR) is 67.5 cm³/mol. The van der Waals surface area contributed by atoms with Crippen molar-refractivity contribution in [1.82, 2.24) is 5.32 Å². The van der Waals surface area contributed by atoms with Crippen LogP contribution in [0, 0.1) is 6.92 Å². The molecule has 0 atom stereocenters. The summed E-state index contributed by atoms with van der Waals surface area (Å²) in [5, 5.41) is 22.1. The van der Waals surface area contributed by atoms with Gasteiger partial charge in [-0.2, -0.15) is 0 Å². The SMILES string of the molecule is Cc1cc(Cl)cc(CNCCOCCO)c1O. The standard InChI is InChI=1S/C12H18ClNO3/c1-9-6-11(13)7-10(12(9)16)8-14-2-4-17-5-3-15/h6-7,14-16H,2-5,8H2,1H3. The van der Waals surface area contributed by atoms with Gasteiger partial charge in [-0.1, -0.05) is 11.6 Å². The topological polar surface area (TPSA) is 61.7 Å². The molecule has 0 heterocycles. The first-order chi connectivity index (χ1) is 8.15. The second kappa shape index (κ2) is 7.50. The lowest BCUT2D eigenvalue weighted by Crippen LogP contribution is -2.20. The molecule has 0 fully saturated rings. The zero-order valence-electron chi connectivity index (χ0n) is 9.87. The molecule has 0 bridgehead atoms. The van der Waals surface area contributed by atoms with Crippen LogP contribution in [-0.4, -0.2) is 36.6 Å². The Bertz CT molecular complexity index is 358. The number of benzene rings is 1. The van der Waals surface area contributed by atoms with E-state index in [0.717, 1.165) is 11.1 Å². The Morgan fingerprint density at radius 1 is 1.35 bits per heavy atom. The number of aliphatic hydroxyl groups is 1.